The Bertz CT molecular complexity index is 418. The predicted octanol–water partition coefficient (Wildman–Crippen LogP) is 1.76. The quantitative estimate of drug-likeness (QED) is 0.822. The van der Waals surface area contributed by atoms with Crippen LogP contribution < -0.4 is 5.73 Å². The molecular formula is C12H15N3. The monoisotopic (exact) mass is 201 g/mol. The van der Waals surface area contributed by atoms with E-state index < -0.39 is 0 Å². The van der Waals surface area contributed by atoms with Gasteiger partial charge in [0, 0.05) is 24.1 Å². The number of aromatic nitrogens is 2. The number of rotatable bonds is 3. The third kappa shape index (κ3) is 2.44. The molecular weight excluding hydrogens is 186 g/mol. The maximum Gasteiger partial charge on any atom is 0.0991 e. The summed E-state index contributed by atoms with van der Waals surface area (Å²) >= 11 is 0. The highest BCUT2D eigenvalue weighted by Crippen LogP contribution is 2.11. The van der Waals surface area contributed by atoms with Crippen LogP contribution in [0.15, 0.2) is 43.0 Å². The summed E-state index contributed by atoms with van der Waals surface area (Å²) in [6.45, 7) is 2.02. The van der Waals surface area contributed by atoms with Crippen molar-refractivity contribution >= 4 is 0 Å². The summed E-state index contributed by atoms with van der Waals surface area (Å²) in [7, 11) is 0. The SMILES string of the molecule is CC(N)Cc1cccc(-n2ccnc2)c1. The molecule has 2 rings (SSSR count). The fourth-order valence-corrected chi connectivity index (χ4v) is 1.63. The Morgan fingerprint density at radius 2 is 2.33 bits per heavy atom. The molecule has 0 fully saturated rings. The molecule has 1 unspecified atom stereocenters. The maximum absolute atomic E-state index is 5.77. The maximum atomic E-state index is 5.77. The zero-order valence-electron chi connectivity index (χ0n) is 8.80. The van der Waals surface area contributed by atoms with Crippen LogP contribution in [0.25, 0.3) is 5.69 Å². The van der Waals surface area contributed by atoms with Crippen molar-refractivity contribution in [3.05, 3.63) is 48.5 Å². The van der Waals surface area contributed by atoms with Crippen LogP contribution in [0.5, 0.6) is 0 Å². The van der Waals surface area contributed by atoms with E-state index in [2.05, 4.69) is 23.2 Å². The molecule has 0 saturated carbocycles. The van der Waals surface area contributed by atoms with Gasteiger partial charge in [0.2, 0.25) is 0 Å². The molecule has 0 spiro atoms. The van der Waals surface area contributed by atoms with Crippen LogP contribution in [-0.4, -0.2) is 15.6 Å². The minimum Gasteiger partial charge on any atom is -0.328 e. The number of hydrogen-bond acceptors (Lipinski definition) is 2. The van der Waals surface area contributed by atoms with Gasteiger partial charge in [0.1, 0.15) is 0 Å². The van der Waals surface area contributed by atoms with E-state index in [1.54, 1.807) is 12.5 Å². The molecule has 0 aliphatic heterocycles. The summed E-state index contributed by atoms with van der Waals surface area (Å²) in [6, 6.07) is 8.55. The van der Waals surface area contributed by atoms with E-state index in [1.807, 2.05) is 23.8 Å². The van der Waals surface area contributed by atoms with Crippen molar-refractivity contribution in [2.45, 2.75) is 19.4 Å². The van der Waals surface area contributed by atoms with Gasteiger partial charge in [0.05, 0.1) is 6.33 Å². The predicted molar refractivity (Wildman–Crippen MR) is 60.9 cm³/mol. The molecule has 3 heteroatoms. The van der Waals surface area contributed by atoms with E-state index in [-0.39, 0.29) is 6.04 Å². The second-order valence-electron chi connectivity index (χ2n) is 3.82. The molecule has 0 aliphatic carbocycles. The lowest BCUT2D eigenvalue weighted by Gasteiger charge is -2.07. The standard InChI is InChI=1S/C12H15N3/c1-10(13)7-11-3-2-4-12(8-11)15-6-5-14-9-15/h2-6,8-10H,7,13H2,1H3. The molecule has 3 nitrogen and oxygen atoms in total. The summed E-state index contributed by atoms with van der Waals surface area (Å²) in [6.07, 6.45) is 6.41. The number of hydrogen-bond donors (Lipinski definition) is 1. The zero-order chi connectivity index (χ0) is 10.7. The van der Waals surface area contributed by atoms with Crippen molar-refractivity contribution in [2.24, 2.45) is 5.73 Å². The highest BCUT2D eigenvalue weighted by atomic mass is 15.0. The lowest BCUT2D eigenvalue weighted by atomic mass is 10.1. The van der Waals surface area contributed by atoms with Crippen molar-refractivity contribution in [3.8, 4) is 5.69 Å². The Morgan fingerprint density at radius 1 is 1.47 bits per heavy atom. The van der Waals surface area contributed by atoms with Gasteiger partial charge in [0.15, 0.2) is 0 Å². The van der Waals surface area contributed by atoms with Gasteiger partial charge in [-0.3, -0.25) is 0 Å². The Hall–Kier alpha value is -1.61. The highest BCUT2D eigenvalue weighted by molar-refractivity contribution is 5.36. The van der Waals surface area contributed by atoms with Crippen molar-refractivity contribution in [2.75, 3.05) is 0 Å². The Morgan fingerprint density at radius 3 is 3.00 bits per heavy atom. The fraction of sp³-hybridized carbons (Fsp3) is 0.250. The molecule has 15 heavy (non-hydrogen) atoms. The van der Waals surface area contributed by atoms with Crippen LogP contribution in [0.3, 0.4) is 0 Å². The number of imidazole rings is 1. The molecule has 2 aromatic rings. The van der Waals surface area contributed by atoms with E-state index in [0.717, 1.165) is 12.1 Å². The first-order chi connectivity index (χ1) is 7.25. The summed E-state index contributed by atoms with van der Waals surface area (Å²) in [4.78, 5) is 4.03. The smallest absolute Gasteiger partial charge is 0.0991 e. The van der Waals surface area contributed by atoms with Crippen LogP contribution in [0.2, 0.25) is 0 Å². The first kappa shape index (κ1) is 9.93. The van der Waals surface area contributed by atoms with E-state index >= 15 is 0 Å². The topological polar surface area (TPSA) is 43.8 Å². The molecule has 1 heterocycles. The number of nitrogens with zero attached hydrogens (tertiary/aromatic N) is 2. The van der Waals surface area contributed by atoms with Crippen LogP contribution in [0, 0.1) is 0 Å². The van der Waals surface area contributed by atoms with E-state index in [4.69, 9.17) is 5.73 Å². The molecule has 0 aliphatic rings. The van der Waals surface area contributed by atoms with Gasteiger partial charge in [-0.25, -0.2) is 4.98 Å². The second kappa shape index (κ2) is 4.28. The van der Waals surface area contributed by atoms with Crippen molar-refractivity contribution < 1.29 is 0 Å². The first-order valence-corrected chi connectivity index (χ1v) is 5.08. The third-order valence-corrected chi connectivity index (χ3v) is 2.27. The summed E-state index contributed by atoms with van der Waals surface area (Å²) in [5.74, 6) is 0. The van der Waals surface area contributed by atoms with Crippen LogP contribution in [-0.2, 0) is 6.42 Å². The molecule has 0 radical (unpaired) electrons. The largest absolute Gasteiger partial charge is 0.328 e. The highest BCUT2D eigenvalue weighted by Gasteiger charge is 2.00. The Kier molecular flexibility index (Phi) is 2.83. The minimum atomic E-state index is 0.197. The van der Waals surface area contributed by atoms with Gasteiger partial charge >= 0.3 is 0 Å². The van der Waals surface area contributed by atoms with Gasteiger partial charge in [-0.1, -0.05) is 12.1 Å². The van der Waals surface area contributed by atoms with Gasteiger partial charge < -0.3 is 10.3 Å². The average Bonchev–Trinajstić information content (AvgIpc) is 2.69. The molecule has 2 N–H and O–H groups in total. The molecule has 78 valence electrons. The van der Waals surface area contributed by atoms with E-state index in [1.165, 1.54) is 5.56 Å². The van der Waals surface area contributed by atoms with Gasteiger partial charge in [0.25, 0.3) is 0 Å². The van der Waals surface area contributed by atoms with Crippen molar-refractivity contribution in [3.63, 3.8) is 0 Å². The van der Waals surface area contributed by atoms with Crippen LogP contribution in [0.1, 0.15) is 12.5 Å². The Balaban J connectivity index is 2.27. The van der Waals surface area contributed by atoms with Gasteiger partial charge in [-0.2, -0.15) is 0 Å². The number of nitrogens with two attached hydrogens (primary N) is 1. The molecule has 0 amide bonds. The normalized spacial score (nSPS) is 12.7. The van der Waals surface area contributed by atoms with E-state index in [0.29, 0.717) is 0 Å². The second-order valence-corrected chi connectivity index (χ2v) is 3.82. The molecule has 1 atom stereocenters. The van der Waals surface area contributed by atoms with Gasteiger partial charge in [-0.15, -0.1) is 0 Å². The Labute approximate surface area is 89.6 Å². The first-order valence-electron chi connectivity index (χ1n) is 5.08. The zero-order valence-corrected chi connectivity index (χ0v) is 8.80. The minimum absolute atomic E-state index is 0.197. The summed E-state index contributed by atoms with van der Waals surface area (Å²) in [5, 5.41) is 0. The lowest BCUT2D eigenvalue weighted by molar-refractivity contribution is 0.737. The van der Waals surface area contributed by atoms with E-state index in [9.17, 15) is 0 Å². The van der Waals surface area contributed by atoms with Crippen molar-refractivity contribution in [1.82, 2.24) is 9.55 Å². The molecule has 0 bridgehead atoms. The van der Waals surface area contributed by atoms with Crippen LogP contribution in [0.4, 0.5) is 0 Å². The molecule has 1 aromatic carbocycles. The number of benzene rings is 1. The fourth-order valence-electron chi connectivity index (χ4n) is 1.63. The summed E-state index contributed by atoms with van der Waals surface area (Å²) < 4.78 is 1.99. The van der Waals surface area contributed by atoms with Crippen LogP contribution >= 0.6 is 0 Å². The average molecular weight is 201 g/mol. The molecule has 0 saturated heterocycles. The van der Waals surface area contributed by atoms with Crippen molar-refractivity contribution in [1.29, 1.82) is 0 Å². The lowest BCUT2D eigenvalue weighted by Crippen LogP contribution is -2.17. The van der Waals surface area contributed by atoms with Gasteiger partial charge in [-0.05, 0) is 31.0 Å². The summed E-state index contributed by atoms with van der Waals surface area (Å²) in [5.41, 5.74) is 8.16. The third-order valence-electron chi connectivity index (χ3n) is 2.27. The molecule has 1 aromatic heterocycles.